The molecule has 0 atom stereocenters. The number of ether oxygens (including phenoxy) is 1. The lowest BCUT2D eigenvalue weighted by molar-refractivity contribution is 0.161. The molecule has 0 aliphatic rings. The van der Waals surface area contributed by atoms with Gasteiger partial charge in [-0.1, -0.05) is 30.1 Å². The van der Waals surface area contributed by atoms with Gasteiger partial charge in [0.2, 0.25) is 0 Å². The molecule has 7 heteroatoms. The molecule has 5 nitrogen and oxygen atoms in total. The molecular formula is C17H19Cl2N3O2. The number of benzene rings is 2. The first kappa shape index (κ1) is 18.2. The lowest BCUT2D eigenvalue weighted by Gasteiger charge is -2.12. The first-order valence-electron chi connectivity index (χ1n) is 7.50. The molecule has 0 fully saturated rings. The summed E-state index contributed by atoms with van der Waals surface area (Å²) in [6.07, 6.45) is 0.247. The summed E-state index contributed by atoms with van der Waals surface area (Å²) in [7, 11) is 0. The van der Waals surface area contributed by atoms with Gasteiger partial charge in [-0.3, -0.25) is 5.32 Å². The van der Waals surface area contributed by atoms with Gasteiger partial charge in [0.15, 0.2) is 0 Å². The summed E-state index contributed by atoms with van der Waals surface area (Å²) in [6, 6.07) is 10.6. The van der Waals surface area contributed by atoms with Gasteiger partial charge in [0.05, 0.1) is 18.0 Å². The van der Waals surface area contributed by atoms with Gasteiger partial charge in [-0.15, -0.1) is 0 Å². The molecule has 2 aromatic carbocycles. The summed E-state index contributed by atoms with van der Waals surface area (Å²) >= 11 is 12.0. The van der Waals surface area contributed by atoms with Gasteiger partial charge in [-0.2, -0.15) is 0 Å². The first-order chi connectivity index (χ1) is 11.5. The van der Waals surface area contributed by atoms with Crippen molar-refractivity contribution in [2.45, 2.75) is 19.9 Å². The van der Waals surface area contributed by atoms with Crippen molar-refractivity contribution in [2.24, 2.45) is 0 Å². The molecule has 0 aromatic heterocycles. The minimum atomic E-state index is -0.516. The smallest absolute Gasteiger partial charge is 0.411 e. The lowest BCUT2D eigenvalue weighted by Crippen LogP contribution is -2.15. The van der Waals surface area contributed by atoms with Crippen LogP contribution in [0.15, 0.2) is 36.4 Å². The Morgan fingerprint density at radius 2 is 1.88 bits per heavy atom. The standard InChI is InChI=1S/C17H19Cl2N3O2/c1-2-5-24-17(23)22-16-4-3-14(9-15(16)20)21-10-11-6-12(18)8-13(19)7-11/h3-4,6-9,21H,2,5,10,20H2,1H3,(H,22,23). The van der Waals surface area contributed by atoms with E-state index in [9.17, 15) is 4.79 Å². The molecule has 0 saturated carbocycles. The Hall–Kier alpha value is -2.11. The van der Waals surface area contributed by atoms with Crippen molar-refractivity contribution in [3.8, 4) is 0 Å². The highest BCUT2D eigenvalue weighted by Crippen LogP contribution is 2.24. The first-order valence-corrected chi connectivity index (χ1v) is 8.25. The van der Waals surface area contributed by atoms with Crippen molar-refractivity contribution in [1.82, 2.24) is 0 Å². The van der Waals surface area contributed by atoms with Crippen LogP contribution in [0.1, 0.15) is 18.9 Å². The van der Waals surface area contributed by atoms with Crippen LogP contribution >= 0.6 is 23.2 Å². The van der Waals surface area contributed by atoms with Crippen molar-refractivity contribution in [1.29, 1.82) is 0 Å². The minimum Gasteiger partial charge on any atom is -0.449 e. The monoisotopic (exact) mass is 367 g/mol. The van der Waals surface area contributed by atoms with Gasteiger partial charge in [0.25, 0.3) is 0 Å². The summed E-state index contributed by atoms with van der Waals surface area (Å²) in [6.45, 7) is 2.84. The molecule has 0 radical (unpaired) electrons. The molecule has 0 spiro atoms. The third kappa shape index (κ3) is 5.51. The van der Waals surface area contributed by atoms with E-state index < -0.39 is 6.09 Å². The van der Waals surface area contributed by atoms with Gasteiger partial charge < -0.3 is 15.8 Å². The van der Waals surface area contributed by atoms with E-state index in [4.69, 9.17) is 33.7 Å². The molecule has 1 amide bonds. The van der Waals surface area contributed by atoms with Crippen LogP contribution < -0.4 is 16.4 Å². The average molecular weight is 368 g/mol. The number of nitrogen functional groups attached to an aromatic ring is 1. The van der Waals surface area contributed by atoms with Gasteiger partial charge in [-0.05, 0) is 48.4 Å². The molecule has 0 aliphatic carbocycles. The summed E-state index contributed by atoms with van der Waals surface area (Å²) < 4.78 is 4.96. The number of carbonyl (C=O) groups is 1. The number of halogens is 2. The number of hydrogen-bond acceptors (Lipinski definition) is 4. The second kappa shape index (κ2) is 8.66. The number of carbonyl (C=O) groups excluding carboxylic acids is 1. The summed E-state index contributed by atoms with van der Waals surface area (Å²) in [5, 5.41) is 7.02. The van der Waals surface area contributed by atoms with E-state index >= 15 is 0 Å². The van der Waals surface area contributed by atoms with E-state index in [1.54, 1.807) is 18.2 Å². The van der Waals surface area contributed by atoms with E-state index in [0.29, 0.717) is 34.6 Å². The highest BCUT2D eigenvalue weighted by molar-refractivity contribution is 6.34. The second-order valence-electron chi connectivity index (χ2n) is 5.19. The fourth-order valence-corrected chi connectivity index (χ4v) is 2.62. The van der Waals surface area contributed by atoms with Crippen molar-refractivity contribution in [3.05, 3.63) is 52.0 Å². The third-order valence-corrected chi connectivity index (χ3v) is 3.58. The predicted octanol–water partition coefficient (Wildman–Crippen LogP) is 5.15. The summed E-state index contributed by atoms with van der Waals surface area (Å²) in [4.78, 5) is 11.6. The number of amides is 1. The van der Waals surface area contributed by atoms with Gasteiger partial charge in [-0.25, -0.2) is 4.79 Å². The van der Waals surface area contributed by atoms with E-state index in [1.807, 2.05) is 25.1 Å². The Kier molecular flexibility index (Phi) is 6.58. The van der Waals surface area contributed by atoms with Crippen LogP contribution in [0.4, 0.5) is 21.9 Å². The topological polar surface area (TPSA) is 76.4 Å². The van der Waals surface area contributed by atoms with Gasteiger partial charge in [0.1, 0.15) is 0 Å². The lowest BCUT2D eigenvalue weighted by atomic mass is 10.2. The molecule has 0 saturated heterocycles. The second-order valence-corrected chi connectivity index (χ2v) is 6.07. The molecule has 24 heavy (non-hydrogen) atoms. The quantitative estimate of drug-likeness (QED) is 0.617. The fourth-order valence-electron chi connectivity index (χ4n) is 2.04. The maximum Gasteiger partial charge on any atom is 0.411 e. The van der Waals surface area contributed by atoms with Gasteiger partial charge in [0, 0.05) is 22.3 Å². The largest absolute Gasteiger partial charge is 0.449 e. The van der Waals surface area contributed by atoms with Crippen molar-refractivity contribution in [2.75, 3.05) is 23.0 Å². The zero-order valence-corrected chi connectivity index (χ0v) is 14.7. The van der Waals surface area contributed by atoms with Crippen molar-refractivity contribution in [3.63, 3.8) is 0 Å². The highest BCUT2D eigenvalue weighted by Gasteiger charge is 2.07. The number of nitrogens with two attached hydrogens (primary N) is 1. The predicted molar refractivity (Wildman–Crippen MR) is 99.9 cm³/mol. The SMILES string of the molecule is CCCOC(=O)Nc1ccc(NCc2cc(Cl)cc(Cl)c2)cc1N. The van der Waals surface area contributed by atoms with E-state index in [1.165, 1.54) is 0 Å². The van der Waals surface area contributed by atoms with E-state index in [2.05, 4.69) is 10.6 Å². The number of rotatable bonds is 6. The number of nitrogens with one attached hydrogen (secondary N) is 2. The normalized spacial score (nSPS) is 10.3. The van der Waals surface area contributed by atoms with Crippen LogP contribution in [0.3, 0.4) is 0 Å². The molecule has 0 unspecified atom stereocenters. The third-order valence-electron chi connectivity index (χ3n) is 3.14. The maximum absolute atomic E-state index is 11.6. The van der Waals surface area contributed by atoms with E-state index in [-0.39, 0.29) is 0 Å². The van der Waals surface area contributed by atoms with Crippen LogP contribution in [0.25, 0.3) is 0 Å². The zero-order chi connectivity index (χ0) is 17.5. The molecule has 2 rings (SSSR count). The fraction of sp³-hybridized carbons (Fsp3) is 0.235. The van der Waals surface area contributed by atoms with Gasteiger partial charge >= 0.3 is 6.09 Å². The highest BCUT2D eigenvalue weighted by atomic mass is 35.5. The number of anilines is 3. The summed E-state index contributed by atoms with van der Waals surface area (Å²) in [5.41, 5.74) is 8.68. The molecular weight excluding hydrogens is 349 g/mol. The Balaban J connectivity index is 1.97. The zero-order valence-electron chi connectivity index (χ0n) is 13.2. The van der Waals surface area contributed by atoms with Crippen LogP contribution in [-0.2, 0) is 11.3 Å². The Bertz CT molecular complexity index is 703. The van der Waals surface area contributed by atoms with Crippen LogP contribution in [-0.4, -0.2) is 12.7 Å². The minimum absolute atomic E-state index is 0.369. The molecule has 128 valence electrons. The molecule has 0 aliphatic heterocycles. The van der Waals surface area contributed by atoms with Crippen molar-refractivity contribution >= 4 is 46.4 Å². The molecule has 0 heterocycles. The summed E-state index contributed by atoms with van der Waals surface area (Å²) in [5.74, 6) is 0. The van der Waals surface area contributed by atoms with Crippen LogP contribution in [0.5, 0.6) is 0 Å². The Morgan fingerprint density at radius 1 is 1.17 bits per heavy atom. The average Bonchev–Trinajstić information content (AvgIpc) is 2.52. The van der Waals surface area contributed by atoms with Crippen LogP contribution in [0.2, 0.25) is 10.0 Å². The van der Waals surface area contributed by atoms with E-state index in [0.717, 1.165) is 17.7 Å². The molecule has 0 bridgehead atoms. The Labute approximate surface area is 151 Å². The van der Waals surface area contributed by atoms with Crippen LogP contribution in [0, 0.1) is 0 Å². The van der Waals surface area contributed by atoms with Crippen molar-refractivity contribution < 1.29 is 9.53 Å². The molecule has 4 N–H and O–H groups in total. The Morgan fingerprint density at radius 3 is 2.50 bits per heavy atom. The molecule has 2 aromatic rings. The maximum atomic E-state index is 11.6. The number of hydrogen-bond donors (Lipinski definition) is 3.